The van der Waals surface area contributed by atoms with Crippen LogP contribution in [0.5, 0.6) is 6.01 Å². The predicted octanol–water partition coefficient (Wildman–Crippen LogP) is 3.69. The molecule has 166 valence electrons. The van der Waals surface area contributed by atoms with Crippen molar-refractivity contribution in [2.24, 2.45) is 5.92 Å². The van der Waals surface area contributed by atoms with E-state index >= 15 is 0 Å². The van der Waals surface area contributed by atoms with Gasteiger partial charge in [-0.3, -0.25) is 9.69 Å². The van der Waals surface area contributed by atoms with Crippen LogP contribution in [0.15, 0.2) is 24.3 Å². The third-order valence-corrected chi connectivity index (χ3v) is 6.33. The molecule has 1 aromatic carbocycles. The highest BCUT2D eigenvalue weighted by molar-refractivity contribution is 6.01. The fourth-order valence-corrected chi connectivity index (χ4v) is 4.51. The molecule has 1 aliphatic carbocycles. The maximum absolute atomic E-state index is 12.6. The summed E-state index contributed by atoms with van der Waals surface area (Å²) in [5.74, 6) is 1.71. The summed E-state index contributed by atoms with van der Waals surface area (Å²) in [5, 5.41) is 0. The van der Waals surface area contributed by atoms with Gasteiger partial charge in [0.1, 0.15) is 18.2 Å². The Morgan fingerprint density at radius 2 is 1.81 bits per heavy atom. The van der Waals surface area contributed by atoms with Crippen molar-refractivity contribution in [3.63, 3.8) is 0 Å². The van der Waals surface area contributed by atoms with Gasteiger partial charge in [-0.25, -0.2) is 0 Å². The standard InChI is InChI=1S/C24H32N4O3/c1-30-13-14-31-24-26-22(25)20-15-21(29)28(23(20)27-24)16-19-11-9-18(10-12-19)8-7-17-5-3-2-4-6-17/h9-12,17H,2-8,13-16H2,1H3,(H2,25,26,27). The number of carbonyl (C=O) groups excluding carboxylic acids is 1. The lowest BCUT2D eigenvalue weighted by Crippen LogP contribution is -2.26. The Bertz CT molecular complexity index is 894. The van der Waals surface area contributed by atoms with Crippen LogP contribution in [0.1, 0.15) is 55.2 Å². The summed E-state index contributed by atoms with van der Waals surface area (Å²) < 4.78 is 10.5. The maximum atomic E-state index is 12.6. The second kappa shape index (κ2) is 10.1. The number of nitrogen functional groups attached to an aromatic ring is 1. The van der Waals surface area contributed by atoms with Gasteiger partial charge in [-0.2, -0.15) is 9.97 Å². The number of hydrogen-bond donors (Lipinski definition) is 1. The number of amides is 1. The first kappa shape index (κ1) is 21.6. The van der Waals surface area contributed by atoms with E-state index in [2.05, 4.69) is 34.2 Å². The Balaban J connectivity index is 1.40. The van der Waals surface area contributed by atoms with Crippen molar-refractivity contribution in [3.8, 4) is 6.01 Å². The van der Waals surface area contributed by atoms with Crippen LogP contribution < -0.4 is 15.4 Å². The summed E-state index contributed by atoms with van der Waals surface area (Å²) in [7, 11) is 1.60. The van der Waals surface area contributed by atoms with Gasteiger partial charge in [0, 0.05) is 12.7 Å². The first-order valence-corrected chi connectivity index (χ1v) is 11.3. The highest BCUT2D eigenvalue weighted by Crippen LogP contribution is 2.33. The van der Waals surface area contributed by atoms with Gasteiger partial charge in [0.05, 0.1) is 19.6 Å². The average Bonchev–Trinajstić information content (AvgIpc) is 3.10. The summed E-state index contributed by atoms with van der Waals surface area (Å²) in [4.78, 5) is 22.9. The normalized spacial score (nSPS) is 16.5. The molecule has 31 heavy (non-hydrogen) atoms. The minimum absolute atomic E-state index is 0.0218. The SMILES string of the molecule is COCCOc1nc(N)c2c(n1)N(Cc1ccc(CCC3CCCCC3)cc1)C(=O)C2. The van der Waals surface area contributed by atoms with Gasteiger partial charge >= 0.3 is 6.01 Å². The molecule has 7 nitrogen and oxygen atoms in total. The van der Waals surface area contributed by atoms with E-state index in [-0.39, 0.29) is 18.3 Å². The van der Waals surface area contributed by atoms with Gasteiger partial charge in [0.25, 0.3) is 0 Å². The second-order valence-electron chi connectivity index (χ2n) is 8.55. The minimum Gasteiger partial charge on any atom is -0.461 e. The smallest absolute Gasteiger partial charge is 0.320 e. The number of rotatable bonds is 9. The van der Waals surface area contributed by atoms with Crippen molar-refractivity contribution in [2.75, 3.05) is 31.0 Å². The number of anilines is 2. The summed E-state index contributed by atoms with van der Waals surface area (Å²) in [6.07, 6.45) is 9.58. The van der Waals surface area contributed by atoms with E-state index in [9.17, 15) is 4.79 Å². The predicted molar refractivity (Wildman–Crippen MR) is 120 cm³/mol. The van der Waals surface area contributed by atoms with Crippen LogP contribution in [-0.4, -0.2) is 36.2 Å². The van der Waals surface area contributed by atoms with Crippen LogP contribution in [0.4, 0.5) is 11.6 Å². The van der Waals surface area contributed by atoms with Crippen LogP contribution >= 0.6 is 0 Å². The second-order valence-corrected chi connectivity index (χ2v) is 8.55. The molecule has 0 spiro atoms. The largest absolute Gasteiger partial charge is 0.461 e. The Labute approximate surface area is 184 Å². The van der Waals surface area contributed by atoms with Crippen molar-refractivity contribution >= 4 is 17.5 Å². The molecule has 2 heterocycles. The van der Waals surface area contributed by atoms with Crippen molar-refractivity contribution in [2.45, 2.75) is 57.9 Å². The van der Waals surface area contributed by atoms with Crippen LogP contribution in [0.2, 0.25) is 0 Å². The van der Waals surface area contributed by atoms with E-state index in [1.165, 1.54) is 44.1 Å². The van der Waals surface area contributed by atoms with E-state index < -0.39 is 0 Å². The lowest BCUT2D eigenvalue weighted by Gasteiger charge is -2.21. The lowest BCUT2D eigenvalue weighted by molar-refractivity contribution is -0.117. The number of ether oxygens (including phenoxy) is 2. The number of carbonyl (C=O) groups is 1. The highest BCUT2D eigenvalue weighted by Gasteiger charge is 2.32. The summed E-state index contributed by atoms with van der Waals surface area (Å²) >= 11 is 0. The van der Waals surface area contributed by atoms with E-state index in [0.29, 0.717) is 37.0 Å². The van der Waals surface area contributed by atoms with Crippen LogP contribution in [0.3, 0.4) is 0 Å². The molecular weight excluding hydrogens is 392 g/mol. The molecule has 2 N–H and O–H groups in total. The van der Waals surface area contributed by atoms with Crippen LogP contribution in [0, 0.1) is 5.92 Å². The lowest BCUT2D eigenvalue weighted by atomic mass is 9.85. The number of aryl methyl sites for hydroxylation is 1. The summed E-state index contributed by atoms with van der Waals surface area (Å²) in [6.45, 7) is 1.21. The third-order valence-electron chi connectivity index (χ3n) is 6.33. The van der Waals surface area contributed by atoms with Gasteiger partial charge in [0.2, 0.25) is 5.91 Å². The fraction of sp³-hybridized carbons (Fsp3) is 0.542. The van der Waals surface area contributed by atoms with E-state index in [4.69, 9.17) is 15.2 Å². The Morgan fingerprint density at radius 3 is 2.55 bits per heavy atom. The number of methoxy groups -OCH3 is 1. The molecule has 2 aliphatic rings. The average molecular weight is 425 g/mol. The van der Waals surface area contributed by atoms with Crippen molar-refractivity contribution in [1.29, 1.82) is 0 Å². The number of aromatic nitrogens is 2. The molecule has 1 aliphatic heterocycles. The van der Waals surface area contributed by atoms with Gasteiger partial charge in [-0.15, -0.1) is 0 Å². The first-order chi connectivity index (χ1) is 15.1. The van der Waals surface area contributed by atoms with E-state index in [0.717, 1.165) is 17.9 Å². The molecule has 0 radical (unpaired) electrons. The molecule has 0 atom stereocenters. The minimum atomic E-state index is -0.0218. The zero-order valence-corrected chi connectivity index (χ0v) is 18.3. The molecule has 0 saturated heterocycles. The molecule has 7 heteroatoms. The topological polar surface area (TPSA) is 90.6 Å². The van der Waals surface area contributed by atoms with Crippen LogP contribution in [0.25, 0.3) is 0 Å². The molecule has 2 aromatic rings. The first-order valence-electron chi connectivity index (χ1n) is 11.3. The number of benzene rings is 1. The maximum Gasteiger partial charge on any atom is 0.320 e. The zero-order valence-electron chi connectivity index (χ0n) is 18.3. The van der Waals surface area contributed by atoms with E-state index in [1.54, 1.807) is 12.0 Å². The molecule has 1 saturated carbocycles. The summed E-state index contributed by atoms with van der Waals surface area (Å²) in [5.41, 5.74) is 9.18. The Morgan fingerprint density at radius 1 is 1.06 bits per heavy atom. The number of hydrogen-bond acceptors (Lipinski definition) is 6. The van der Waals surface area contributed by atoms with E-state index in [1.807, 2.05) is 0 Å². The number of nitrogens with two attached hydrogens (primary N) is 1. The monoisotopic (exact) mass is 424 g/mol. The number of nitrogens with zero attached hydrogens (tertiary/aromatic N) is 3. The van der Waals surface area contributed by atoms with Gasteiger partial charge < -0.3 is 15.2 Å². The Hall–Kier alpha value is -2.67. The third kappa shape index (κ3) is 5.34. The van der Waals surface area contributed by atoms with Crippen molar-refractivity contribution < 1.29 is 14.3 Å². The number of fused-ring (bicyclic) bond motifs is 1. The van der Waals surface area contributed by atoms with Gasteiger partial charge in [0.15, 0.2) is 0 Å². The molecule has 1 amide bonds. The van der Waals surface area contributed by atoms with Gasteiger partial charge in [-0.05, 0) is 29.9 Å². The molecular formula is C24H32N4O3. The molecule has 4 rings (SSSR count). The van der Waals surface area contributed by atoms with Crippen LogP contribution in [-0.2, 0) is 28.9 Å². The molecule has 1 aromatic heterocycles. The Kier molecular flexibility index (Phi) is 7.02. The molecule has 0 unspecified atom stereocenters. The van der Waals surface area contributed by atoms with Crippen molar-refractivity contribution in [1.82, 2.24) is 9.97 Å². The molecule has 1 fully saturated rings. The quantitative estimate of drug-likeness (QED) is 0.618. The fourth-order valence-electron chi connectivity index (χ4n) is 4.51. The molecule has 0 bridgehead atoms. The van der Waals surface area contributed by atoms with Crippen molar-refractivity contribution in [3.05, 3.63) is 41.0 Å². The summed E-state index contributed by atoms with van der Waals surface area (Å²) in [6, 6.07) is 8.77. The zero-order chi connectivity index (χ0) is 21.6. The van der Waals surface area contributed by atoms with Gasteiger partial charge in [-0.1, -0.05) is 56.4 Å². The highest BCUT2D eigenvalue weighted by atomic mass is 16.5.